The third-order valence-electron chi connectivity index (χ3n) is 4.47. The van der Waals surface area contributed by atoms with Crippen LogP contribution in [0.2, 0.25) is 5.02 Å². The van der Waals surface area contributed by atoms with Gasteiger partial charge in [0.05, 0.1) is 11.9 Å². The van der Waals surface area contributed by atoms with Crippen LogP contribution in [0.4, 0.5) is 4.39 Å². The van der Waals surface area contributed by atoms with E-state index < -0.39 is 0 Å². The van der Waals surface area contributed by atoms with Crippen molar-refractivity contribution in [3.63, 3.8) is 0 Å². The predicted molar refractivity (Wildman–Crippen MR) is 112 cm³/mol. The van der Waals surface area contributed by atoms with E-state index in [1.54, 1.807) is 12.1 Å². The minimum absolute atomic E-state index is 0.188. The number of thiophene rings is 1. The second kappa shape index (κ2) is 7.83. The average Bonchev–Trinajstić information content (AvgIpc) is 3.09. The molecular formula is C21H17ClFN3OS. The summed E-state index contributed by atoms with van der Waals surface area (Å²) in [6, 6.07) is 13.8. The van der Waals surface area contributed by atoms with Gasteiger partial charge in [0.15, 0.2) is 0 Å². The third-order valence-corrected chi connectivity index (χ3v) is 5.71. The first-order chi connectivity index (χ1) is 13.5. The first-order valence-electron chi connectivity index (χ1n) is 8.69. The van der Waals surface area contributed by atoms with Crippen LogP contribution in [-0.4, -0.2) is 21.9 Å². The van der Waals surface area contributed by atoms with Gasteiger partial charge in [-0.15, -0.1) is 11.3 Å². The standard InChI is InChI=1S/C21H17ClFN3OS/c1-26(10-14-4-2-3-5-17(14)22)11-18-24-20(27)19-16(12-28-21(19)25-18)13-6-8-15(23)9-7-13/h2-9,12H,10-11H2,1H3,(H,24,25,27). The lowest BCUT2D eigenvalue weighted by molar-refractivity contribution is 0.311. The molecule has 0 unspecified atom stereocenters. The van der Waals surface area contributed by atoms with Gasteiger partial charge in [-0.25, -0.2) is 9.37 Å². The van der Waals surface area contributed by atoms with Crippen LogP contribution < -0.4 is 5.56 Å². The van der Waals surface area contributed by atoms with E-state index in [9.17, 15) is 9.18 Å². The van der Waals surface area contributed by atoms with Crippen LogP contribution in [0.1, 0.15) is 11.4 Å². The fourth-order valence-electron chi connectivity index (χ4n) is 3.14. The fourth-order valence-corrected chi connectivity index (χ4v) is 4.30. The molecule has 0 spiro atoms. The van der Waals surface area contributed by atoms with Crippen LogP contribution in [0.5, 0.6) is 0 Å². The third kappa shape index (κ3) is 3.85. The second-order valence-electron chi connectivity index (χ2n) is 6.61. The highest BCUT2D eigenvalue weighted by molar-refractivity contribution is 7.17. The van der Waals surface area contributed by atoms with E-state index in [4.69, 9.17) is 11.6 Å². The summed E-state index contributed by atoms with van der Waals surface area (Å²) in [5, 5.41) is 3.14. The van der Waals surface area contributed by atoms with Crippen molar-refractivity contribution in [1.29, 1.82) is 0 Å². The van der Waals surface area contributed by atoms with Gasteiger partial charge >= 0.3 is 0 Å². The van der Waals surface area contributed by atoms with Gasteiger partial charge in [0, 0.05) is 22.5 Å². The Kier molecular flexibility index (Phi) is 5.26. The minimum Gasteiger partial charge on any atom is -0.309 e. The van der Waals surface area contributed by atoms with Crippen LogP contribution >= 0.6 is 22.9 Å². The topological polar surface area (TPSA) is 49.0 Å². The van der Waals surface area contributed by atoms with Gasteiger partial charge in [-0.1, -0.05) is 41.9 Å². The minimum atomic E-state index is -0.306. The first kappa shape index (κ1) is 18.8. The van der Waals surface area contributed by atoms with E-state index >= 15 is 0 Å². The molecule has 0 aliphatic carbocycles. The Labute approximate surface area is 170 Å². The molecule has 0 bridgehead atoms. The fraction of sp³-hybridized carbons (Fsp3) is 0.143. The Morgan fingerprint density at radius 3 is 2.64 bits per heavy atom. The van der Waals surface area contributed by atoms with Gasteiger partial charge < -0.3 is 4.98 Å². The van der Waals surface area contributed by atoms with Crippen molar-refractivity contribution in [1.82, 2.24) is 14.9 Å². The van der Waals surface area contributed by atoms with Crippen LogP contribution in [0.15, 0.2) is 58.7 Å². The Morgan fingerprint density at radius 2 is 1.89 bits per heavy atom. The number of hydrogen-bond donors (Lipinski definition) is 1. The van der Waals surface area contributed by atoms with Crippen molar-refractivity contribution < 1.29 is 4.39 Å². The molecule has 0 aliphatic rings. The summed E-state index contributed by atoms with van der Waals surface area (Å²) < 4.78 is 13.2. The molecule has 4 aromatic rings. The lowest BCUT2D eigenvalue weighted by Crippen LogP contribution is -2.21. The SMILES string of the molecule is CN(Cc1nc2scc(-c3ccc(F)cc3)c2c(=O)[nH]1)Cc1ccccc1Cl. The quantitative estimate of drug-likeness (QED) is 0.496. The molecule has 0 saturated heterocycles. The van der Waals surface area contributed by atoms with Gasteiger partial charge in [-0.3, -0.25) is 9.69 Å². The van der Waals surface area contributed by atoms with Gasteiger partial charge in [0.25, 0.3) is 5.56 Å². The van der Waals surface area contributed by atoms with Crippen molar-refractivity contribution in [3.8, 4) is 11.1 Å². The van der Waals surface area contributed by atoms with Crippen molar-refractivity contribution in [2.24, 2.45) is 0 Å². The number of H-pyrrole nitrogens is 1. The summed E-state index contributed by atoms with van der Waals surface area (Å²) in [4.78, 5) is 22.9. The molecular weight excluding hydrogens is 397 g/mol. The number of fused-ring (bicyclic) bond motifs is 1. The average molecular weight is 414 g/mol. The van der Waals surface area contributed by atoms with Crippen LogP contribution in [-0.2, 0) is 13.1 Å². The number of aromatic nitrogens is 2. The molecule has 0 radical (unpaired) electrons. The largest absolute Gasteiger partial charge is 0.309 e. The van der Waals surface area contributed by atoms with E-state index in [0.29, 0.717) is 34.2 Å². The number of nitrogens with zero attached hydrogens (tertiary/aromatic N) is 2. The Bertz CT molecular complexity index is 1190. The molecule has 0 fully saturated rings. The summed E-state index contributed by atoms with van der Waals surface area (Å²) in [7, 11) is 1.95. The van der Waals surface area contributed by atoms with Crippen molar-refractivity contribution >= 4 is 33.2 Å². The first-order valence-corrected chi connectivity index (χ1v) is 9.95. The van der Waals surface area contributed by atoms with Crippen LogP contribution in [0.25, 0.3) is 21.3 Å². The molecule has 0 atom stereocenters. The molecule has 1 N–H and O–H groups in total. The number of halogens is 2. The van der Waals surface area contributed by atoms with Crippen molar-refractivity contribution in [2.75, 3.05) is 7.05 Å². The van der Waals surface area contributed by atoms with Crippen molar-refractivity contribution in [2.45, 2.75) is 13.1 Å². The van der Waals surface area contributed by atoms with Gasteiger partial charge in [0.1, 0.15) is 16.5 Å². The molecule has 2 aromatic heterocycles. The maximum Gasteiger partial charge on any atom is 0.260 e. The zero-order chi connectivity index (χ0) is 19.7. The lowest BCUT2D eigenvalue weighted by atomic mass is 10.1. The van der Waals surface area contributed by atoms with Crippen molar-refractivity contribution in [3.05, 3.63) is 86.5 Å². The smallest absolute Gasteiger partial charge is 0.260 e. The summed E-state index contributed by atoms with van der Waals surface area (Å²) in [5.74, 6) is 0.290. The van der Waals surface area contributed by atoms with Crippen LogP contribution in [0.3, 0.4) is 0 Å². The molecule has 4 nitrogen and oxygen atoms in total. The highest BCUT2D eigenvalue weighted by atomic mass is 35.5. The highest BCUT2D eigenvalue weighted by Crippen LogP contribution is 2.30. The zero-order valence-corrected chi connectivity index (χ0v) is 16.6. The highest BCUT2D eigenvalue weighted by Gasteiger charge is 2.14. The summed E-state index contributed by atoms with van der Waals surface area (Å²) in [6.07, 6.45) is 0. The Hall–Kier alpha value is -2.54. The maximum atomic E-state index is 13.2. The predicted octanol–water partition coefficient (Wildman–Crippen LogP) is 5.08. The van der Waals surface area contributed by atoms with E-state index in [1.165, 1.54) is 23.5 Å². The number of rotatable bonds is 5. The summed E-state index contributed by atoms with van der Waals surface area (Å²) >= 11 is 7.63. The normalized spacial score (nSPS) is 11.4. The molecule has 0 amide bonds. The monoisotopic (exact) mass is 413 g/mol. The molecule has 7 heteroatoms. The molecule has 4 rings (SSSR count). The van der Waals surface area contributed by atoms with E-state index in [0.717, 1.165) is 16.7 Å². The maximum absolute atomic E-state index is 13.2. The number of nitrogens with one attached hydrogen (secondary N) is 1. The second-order valence-corrected chi connectivity index (χ2v) is 7.88. The molecule has 0 aliphatic heterocycles. The van der Waals surface area contributed by atoms with Crippen LogP contribution in [0, 0.1) is 5.82 Å². The zero-order valence-electron chi connectivity index (χ0n) is 15.1. The number of aromatic amines is 1. The molecule has 142 valence electrons. The summed E-state index contributed by atoms with van der Waals surface area (Å²) in [6.45, 7) is 1.13. The van der Waals surface area contributed by atoms with Gasteiger partial charge in [-0.2, -0.15) is 0 Å². The molecule has 2 aromatic carbocycles. The van der Waals surface area contributed by atoms with Gasteiger partial charge in [0.2, 0.25) is 0 Å². The lowest BCUT2D eigenvalue weighted by Gasteiger charge is -2.16. The Morgan fingerprint density at radius 1 is 1.14 bits per heavy atom. The summed E-state index contributed by atoms with van der Waals surface area (Å²) in [5.41, 5.74) is 2.39. The van der Waals surface area contributed by atoms with E-state index in [-0.39, 0.29) is 11.4 Å². The number of hydrogen-bond acceptors (Lipinski definition) is 4. The van der Waals surface area contributed by atoms with Gasteiger partial charge in [-0.05, 0) is 36.4 Å². The molecule has 0 saturated carbocycles. The molecule has 28 heavy (non-hydrogen) atoms. The van der Waals surface area contributed by atoms with E-state index in [2.05, 4.69) is 9.97 Å². The van der Waals surface area contributed by atoms with E-state index in [1.807, 2.05) is 41.6 Å². The Balaban J connectivity index is 1.61. The molecule has 2 heterocycles. The number of benzene rings is 2.